The molecule has 1 aromatic carbocycles. The Morgan fingerprint density at radius 3 is 2.89 bits per heavy atom. The van der Waals surface area contributed by atoms with Gasteiger partial charge in [0.05, 0.1) is 8.62 Å². The molecule has 2 unspecified atom stereocenters. The fourth-order valence-electron chi connectivity index (χ4n) is 2.18. The molecule has 0 radical (unpaired) electrons. The van der Waals surface area contributed by atoms with Crippen molar-refractivity contribution in [3.05, 3.63) is 34.9 Å². The van der Waals surface area contributed by atoms with Crippen molar-refractivity contribution >= 4 is 17.4 Å². The molecule has 19 heavy (non-hydrogen) atoms. The van der Waals surface area contributed by atoms with E-state index < -0.39 is 36.9 Å². The summed E-state index contributed by atoms with van der Waals surface area (Å²) in [7, 11) is 0.982. The van der Waals surface area contributed by atoms with Crippen LogP contribution in [0.5, 0.6) is 0 Å². The van der Waals surface area contributed by atoms with Crippen LogP contribution < -0.4 is 0 Å². The number of alkyl halides is 1. The number of halogens is 1. The van der Waals surface area contributed by atoms with Gasteiger partial charge in [-0.3, -0.25) is 4.79 Å². The highest BCUT2D eigenvalue weighted by atomic mass is 35.5. The number of Topliss-reactive ketones (excluding diaryl/α,β-unsaturated/α-hetero) is 1. The molecule has 0 saturated heterocycles. The summed E-state index contributed by atoms with van der Waals surface area (Å²) in [6.45, 7) is -2.50. The van der Waals surface area contributed by atoms with Gasteiger partial charge in [0.2, 0.25) is 0 Å². The van der Waals surface area contributed by atoms with Gasteiger partial charge in [0.15, 0.2) is 5.78 Å². The number of carbonyl (C=O) groups excluding carboxylic acids is 1. The van der Waals surface area contributed by atoms with Crippen molar-refractivity contribution < 1.29 is 17.8 Å². The Balaban J connectivity index is 3.90. The van der Waals surface area contributed by atoms with Crippen LogP contribution in [0.4, 0.5) is 0 Å². The third kappa shape index (κ3) is 3.80. The summed E-state index contributed by atoms with van der Waals surface area (Å²) in [6, 6.07) is 5.20. The first-order valence-corrected chi connectivity index (χ1v) is 6.64. The standard InChI is InChI=1S/C16H23ClO2/c1-5-13-8-6-7-11(2)15(13)16(14(18)9-17)12(3)10-19-4/h6-8,12,16H,5,9-10H2,1-4H3/i3D3,10D2,12D. The molecule has 0 aliphatic rings. The van der Waals surface area contributed by atoms with Crippen molar-refractivity contribution in [3.8, 4) is 0 Å². The fraction of sp³-hybridized carbons (Fsp3) is 0.562. The highest BCUT2D eigenvalue weighted by molar-refractivity contribution is 6.28. The molecule has 0 aliphatic heterocycles. The lowest BCUT2D eigenvalue weighted by molar-refractivity contribution is -0.119. The SMILES string of the molecule is [2H]C([2H])([2H])C([2H])(C(C(=O)CCl)c1c(C)cccc1CC)C([2H])([2H])OC. The van der Waals surface area contributed by atoms with Gasteiger partial charge in [-0.05, 0) is 35.9 Å². The Bertz CT molecular complexity index is 632. The average Bonchev–Trinajstić information content (AvgIpc) is 2.54. The first kappa shape index (κ1) is 9.15. The van der Waals surface area contributed by atoms with Gasteiger partial charge in [-0.2, -0.15) is 0 Å². The third-order valence-electron chi connectivity index (χ3n) is 3.04. The molecule has 0 heterocycles. The second kappa shape index (κ2) is 7.66. The zero-order valence-electron chi connectivity index (χ0n) is 17.4. The van der Waals surface area contributed by atoms with E-state index in [0.29, 0.717) is 23.1 Å². The van der Waals surface area contributed by atoms with Crippen LogP contribution in [0.1, 0.15) is 44.6 Å². The molecule has 106 valence electrons. The molecule has 0 amide bonds. The fourth-order valence-corrected chi connectivity index (χ4v) is 2.33. The zero-order valence-corrected chi connectivity index (χ0v) is 12.2. The Kier molecular flexibility index (Phi) is 3.69. The maximum absolute atomic E-state index is 12.7. The average molecular weight is 289 g/mol. The number of ketones is 1. The van der Waals surface area contributed by atoms with Crippen molar-refractivity contribution in [1.82, 2.24) is 0 Å². The highest BCUT2D eigenvalue weighted by Gasteiger charge is 2.28. The number of rotatable bonds is 7. The van der Waals surface area contributed by atoms with E-state index in [4.69, 9.17) is 24.6 Å². The number of hydrogen-bond donors (Lipinski definition) is 0. The minimum atomic E-state index is -3.13. The highest BCUT2D eigenvalue weighted by Crippen LogP contribution is 2.32. The lowest BCUT2D eigenvalue weighted by atomic mass is 9.79. The Morgan fingerprint density at radius 1 is 1.63 bits per heavy atom. The summed E-state index contributed by atoms with van der Waals surface area (Å²) >= 11 is 5.71. The summed E-state index contributed by atoms with van der Waals surface area (Å²) in [5.41, 5.74) is 1.62. The molecule has 1 rings (SSSR count). The Hall–Kier alpha value is -0.860. The smallest absolute Gasteiger partial charge is 0.155 e. The first-order valence-electron chi connectivity index (χ1n) is 9.11. The van der Waals surface area contributed by atoms with Gasteiger partial charge in [0.1, 0.15) is 0 Å². The van der Waals surface area contributed by atoms with Gasteiger partial charge in [-0.1, -0.05) is 32.0 Å². The maximum Gasteiger partial charge on any atom is 0.155 e. The summed E-state index contributed by atoms with van der Waals surface area (Å²) in [4.78, 5) is 12.7. The quantitative estimate of drug-likeness (QED) is 0.715. The molecule has 0 aromatic heterocycles. The predicted molar refractivity (Wildman–Crippen MR) is 80.1 cm³/mol. The molecule has 1 aromatic rings. The van der Waals surface area contributed by atoms with Crippen molar-refractivity contribution in [2.45, 2.75) is 33.0 Å². The van der Waals surface area contributed by atoms with Gasteiger partial charge in [-0.15, -0.1) is 11.6 Å². The van der Waals surface area contributed by atoms with E-state index in [1.165, 1.54) is 0 Å². The number of benzene rings is 1. The molecule has 0 fully saturated rings. The normalized spacial score (nSPS) is 21.9. The van der Waals surface area contributed by atoms with Gasteiger partial charge in [0, 0.05) is 25.1 Å². The third-order valence-corrected chi connectivity index (χ3v) is 3.30. The van der Waals surface area contributed by atoms with E-state index in [-0.39, 0.29) is 0 Å². The number of carbonyl (C=O) groups is 1. The van der Waals surface area contributed by atoms with E-state index in [1.54, 1.807) is 25.1 Å². The molecule has 0 N–H and O–H groups in total. The molecular weight excluding hydrogens is 260 g/mol. The van der Waals surface area contributed by atoms with Crippen LogP contribution in [0.2, 0.25) is 0 Å². The minimum Gasteiger partial charge on any atom is -0.384 e. The summed E-state index contributed by atoms with van der Waals surface area (Å²) in [6.07, 6.45) is 0.496. The Morgan fingerprint density at radius 2 is 2.37 bits per heavy atom. The lowest BCUT2D eigenvalue weighted by Gasteiger charge is -2.26. The van der Waals surface area contributed by atoms with Gasteiger partial charge >= 0.3 is 0 Å². The van der Waals surface area contributed by atoms with E-state index >= 15 is 0 Å². The topological polar surface area (TPSA) is 26.3 Å². The van der Waals surface area contributed by atoms with Gasteiger partial charge < -0.3 is 4.74 Å². The maximum atomic E-state index is 12.7. The molecule has 2 atom stereocenters. The second-order valence-electron chi connectivity index (χ2n) is 4.25. The first-order chi connectivity index (χ1) is 11.4. The van der Waals surface area contributed by atoms with Crippen LogP contribution in [0.3, 0.4) is 0 Å². The van der Waals surface area contributed by atoms with E-state index in [2.05, 4.69) is 0 Å². The Labute approximate surface area is 129 Å². The zero-order chi connectivity index (χ0) is 19.6. The molecule has 2 nitrogen and oxygen atoms in total. The molecule has 0 bridgehead atoms. The number of ether oxygens (including phenoxy) is 1. The van der Waals surface area contributed by atoms with Crippen LogP contribution in [0, 0.1) is 12.8 Å². The van der Waals surface area contributed by atoms with E-state index in [1.807, 2.05) is 6.92 Å². The minimum absolute atomic E-state index is 0.336. The van der Waals surface area contributed by atoms with Crippen molar-refractivity contribution in [3.63, 3.8) is 0 Å². The monoisotopic (exact) mass is 288 g/mol. The number of methoxy groups -OCH3 is 1. The molecular formula is C16H23ClO2. The largest absolute Gasteiger partial charge is 0.384 e. The number of hydrogen-bond acceptors (Lipinski definition) is 2. The van der Waals surface area contributed by atoms with Crippen molar-refractivity contribution in [2.75, 3.05) is 19.5 Å². The van der Waals surface area contributed by atoms with Gasteiger partial charge in [0.25, 0.3) is 0 Å². The van der Waals surface area contributed by atoms with Crippen LogP contribution >= 0.6 is 11.6 Å². The van der Waals surface area contributed by atoms with Crippen molar-refractivity contribution in [1.29, 1.82) is 0 Å². The van der Waals surface area contributed by atoms with Crippen LogP contribution in [-0.2, 0) is 16.0 Å². The number of aryl methyl sites for hydroxylation is 2. The summed E-state index contributed by atoms with van der Waals surface area (Å²) in [5.74, 6) is -5.71. The van der Waals surface area contributed by atoms with E-state index in [9.17, 15) is 4.79 Å². The summed E-state index contributed by atoms with van der Waals surface area (Å²) in [5, 5.41) is 0. The molecule has 0 saturated carbocycles. The van der Waals surface area contributed by atoms with Crippen molar-refractivity contribution in [2.24, 2.45) is 5.89 Å². The lowest BCUT2D eigenvalue weighted by Crippen LogP contribution is -2.26. The van der Waals surface area contributed by atoms with Crippen LogP contribution in [0.15, 0.2) is 18.2 Å². The predicted octanol–water partition coefficient (Wildman–Crippen LogP) is 3.73. The van der Waals surface area contributed by atoms with Gasteiger partial charge in [-0.25, -0.2) is 0 Å². The molecule has 0 spiro atoms. The summed E-state index contributed by atoms with van der Waals surface area (Å²) < 4.78 is 52.9. The van der Waals surface area contributed by atoms with E-state index in [0.717, 1.165) is 7.11 Å². The van der Waals surface area contributed by atoms with Crippen LogP contribution in [0.25, 0.3) is 0 Å². The molecule has 3 heteroatoms. The second-order valence-corrected chi connectivity index (χ2v) is 4.52. The van der Waals surface area contributed by atoms with Crippen LogP contribution in [-0.4, -0.2) is 25.3 Å². The molecule has 0 aliphatic carbocycles.